The third-order valence-corrected chi connectivity index (χ3v) is 8.78. The van der Waals surface area contributed by atoms with E-state index in [9.17, 15) is 0 Å². The van der Waals surface area contributed by atoms with E-state index in [1.54, 1.807) is 0 Å². The van der Waals surface area contributed by atoms with E-state index < -0.39 is 0 Å². The lowest BCUT2D eigenvalue weighted by atomic mass is 9.98. The number of nitrogens with zero attached hydrogens (tertiary/aromatic N) is 1. The number of furan rings is 1. The average Bonchev–Trinajstić information content (AvgIpc) is 3.64. The number of para-hydroxylation sites is 3. The summed E-state index contributed by atoms with van der Waals surface area (Å²) in [6.45, 7) is 0. The normalized spacial score (nSPS) is 11.6. The minimum absolute atomic E-state index is 0.917. The van der Waals surface area contributed by atoms with Crippen LogP contribution in [0.2, 0.25) is 0 Å². The Morgan fingerprint density at radius 3 is 1.73 bits per heavy atom. The highest BCUT2D eigenvalue weighted by Gasteiger charge is 2.17. The fourth-order valence-corrected chi connectivity index (χ4v) is 6.73. The molecule has 2 aromatic heterocycles. The summed E-state index contributed by atoms with van der Waals surface area (Å²) in [5.41, 5.74) is 12.4. The van der Waals surface area contributed by atoms with Gasteiger partial charge in [0.05, 0.1) is 11.0 Å². The van der Waals surface area contributed by atoms with Gasteiger partial charge in [-0.2, -0.15) is 0 Å². The van der Waals surface area contributed by atoms with Crippen LogP contribution in [0.15, 0.2) is 168 Å². The van der Waals surface area contributed by atoms with E-state index in [-0.39, 0.29) is 0 Å². The van der Waals surface area contributed by atoms with Crippen LogP contribution in [-0.4, -0.2) is 4.57 Å². The summed E-state index contributed by atoms with van der Waals surface area (Å²) in [5.74, 6) is 0. The lowest BCUT2D eigenvalue weighted by molar-refractivity contribution is 0.670. The van der Waals surface area contributed by atoms with Crippen LogP contribution in [0.5, 0.6) is 0 Å². The van der Waals surface area contributed by atoms with Crippen molar-refractivity contribution in [3.8, 4) is 39.1 Å². The summed E-state index contributed by atoms with van der Waals surface area (Å²) >= 11 is 0. The summed E-state index contributed by atoms with van der Waals surface area (Å²) < 4.78 is 8.83. The maximum atomic E-state index is 6.42. The Hall–Kier alpha value is -5.86. The third kappa shape index (κ3) is 3.89. The monoisotopic (exact) mass is 561 g/mol. The lowest BCUT2D eigenvalue weighted by Gasteiger charge is -2.14. The molecule has 9 rings (SSSR count). The topological polar surface area (TPSA) is 18.1 Å². The van der Waals surface area contributed by atoms with Crippen molar-refractivity contribution in [2.75, 3.05) is 0 Å². The van der Waals surface area contributed by atoms with Gasteiger partial charge in [0.2, 0.25) is 0 Å². The zero-order valence-corrected chi connectivity index (χ0v) is 23.9. The molecule has 7 aromatic carbocycles. The van der Waals surface area contributed by atoms with Crippen LogP contribution in [-0.2, 0) is 0 Å². The van der Waals surface area contributed by atoms with E-state index >= 15 is 0 Å². The molecule has 0 unspecified atom stereocenters. The second-order valence-corrected chi connectivity index (χ2v) is 11.4. The Morgan fingerprint density at radius 2 is 0.977 bits per heavy atom. The highest BCUT2D eigenvalue weighted by atomic mass is 16.3. The number of rotatable bonds is 4. The first kappa shape index (κ1) is 24.7. The van der Waals surface area contributed by atoms with Gasteiger partial charge in [0.15, 0.2) is 0 Å². The fourth-order valence-electron chi connectivity index (χ4n) is 6.73. The molecule has 0 atom stereocenters. The van der Waals surface area contributed by atoms with Crippen molar-refractivity contribution < 1.29 is 4.42 Å². The summed E-state index contributed by atoms with van der Waals surface area (Å²) in [5, 5.41) is 4.74. The molecular formula is C42H27NO. The molecule has 0 bridgehead atoms. The quantitative estimate of drug-likeness (QED) is 0.209. The number of hydrogen-bond acceptors (Lipinski definition) is 1. The molecule has 0 aliphatic rings. The third-order valence-electron chi connectivity index (χ3n) is 8.78. The molecule has 2 heteroatoms. The highest BCUT2D eigenvalue weighted by molar-refractivity contribution is 6.13. The molecule has 9 aromatic rings. The molecule has 0 saturated heterocycles. The van der Waals surface area contributed by atoms with Gasteiger partial charge in [0.1, 0.15) is 11.2 Å². The van der Waals surface area contributed by atoms with Crippen molar-refractivity contribution in [3.05, 3.63) is 164 Å². The molecule has 0 aliphatic carbocycles. The molecule has 2 heterocycles. The van der Waals surface area contributed by atoms with Crippen molar-refractivity contribution in [3.63, 3.8) is 0 Å². The molecule has 2 nitrogen and oxygen atoms in total. The number of fused-ring (bicyclic) bond motifs is 6. The highest BCUT2D eigenvalue weighted by Crippen LogP contribution is 2.40. The lowest BCUT2D eigenvalue weighted by Crippen LogP contribution is -1.96. The molecule has 0 spiro atoms. The van der Waals surface area contributed by atoms with Crippen LogP contribution in [0.4, 0.5) is 0 Å². The van der Waals surface area contributed by atoms with Crippen LogP contribution < -0.4 is 0 Å². The van der Waals surface area contributed by atoms with Gasteiger partial charge in [0, 0.05) is 32.8 Å². The van der Waals surface area contributed by atoms with Crippen molar-refractivity contribution in [2.24, 2.45) is 0 Å². The smallest absolute Gasteiger partial charge is 0.143 e. The zero-order valence-electron chi connectivity index (χ0n) is 23.9. The van der Waals surface area contributed by atoms with Gasteiger partial charge in [-0.1, -0.05) is 121 Å². The number of hydrogen-bond donors (Lipinski definition) is 0. The van der Waals surface area contributed by atoms with Gasteiger partial charge < -0.3 is 8.98 Å². The van der Waals surface area contributed by atoms with E-state index in [1.165, 1.54) is 44.1 Å². The molecule has 0 amide bonds. The van der Waals surface area contributed by atoms with Crippen LogP contribution >= 0.6 is 0 Å². The van der Waals surface area contributed by atoms with Gasteiger partial charge >= 0.3 is 0 Å². The molecule has 206 valence electrons. The zero-order chi connectivity index (χ0) is 29.0. The molecular weight excluding hydrogens is 534 g/mol. The second kappa shape index (κ2) is 9.86. The second-order valence-electron chi connectivity index (χ2n) is 11.4. The molecule has 0 radical (unpaired) electrons. The van der Waals surface area contributed by atoms with Crippen molar-refractivity contribution in [2.45, 2.75) is 0 Å². The first-order valence-electron chi connectivity index (χ1n) is 15.0. The minimum Gasteiger partial charge on any atom is -0.455 e. The van der Waals surface area contributed by atoms with Crippen LogP contribution in [0, 0.1) is 0 Å². The average molecular weight is 562 g/mol. The summed E-state index contributed by atoms with van der Waals surface area (Å²) in [4.78, 5) is 0. The Kier molecular flexibility index (Phi) is 5.54. The van der Waals surface area contributed by atoms with Gasteiger partial charge in [-0.05, 0) is 70.3 Å². The standard InChI is InChI=1S/C42H27NO/c1-3-12-28(13-4-1)31-24-32(29-14-5-2-6-15-29)26-33(25-31)43-39-20-9-7-16-35(39)38-27-30(22-23-40(38)43)34-18-11-19-37-36-17-8-10-21-41(36)44-42(34)37/h1-27H. The van der Waals surface area contributed by atoms with Gasteiger partial charge in [-0.25, -0.2) is 0 Å². The van der Waals surface area contributed by atoms with E-state index in [2.05, 4.69) is 156 Å². The molecule has 0 aliphatic heterocycles. The van der Waals surface area contributed by atoms with Crippen molar-refractivity contribution in [1.82, 2.24) is 4.57 Å². The van der Waals surface area contributed by atoms with E-state index in [0.717, 1.165) is 38.8 Å². The van der Waals surface area contributed by atoms with Crippen molar-refractivity contribution >= 4 is 43.7 Å². The first-order chi connectivity index (χ1) is 21.8. The number of benzene rings is 7. The van der Waals surface area contributed by atoms with Crippen molar-refractivity contribution in [1.29, 1.82) is 0 Å². The summed E-state index contributed by atoms with van der Waals surface area (Å²) in [6, 6.07) is 58.5. The van der Waals surface area contributed by atoms with Gasteiger partial charge in [0.25, 0.3) is 0 Å². The Bertz CT molecular complexity index is 2420. The summed E-state index contributed by atoms with van der Waals surface area (Å²) in [7, 11) is 0. The maximum absolute atomic E-state index is 6.42. The van der Waals surface area contributed by atoms with Gasteiger partial charge in [-0.15, -0.1) is 0 Å². The van der Waals surface area contributed by atoms with E-state index in [1.807, 2.05) is 12.1 Å². The van der Waals surface area contributed by atoms with Crippen LogP contribution in [0.3, 0.4) is 0 Å². The maximum Gasteiger partial charge on any atom is 0.143 e. The largest absolute Gasteiger partial charge is 0.455 e. The van der Waals surface area contributed by atoms with Gasteiger partial charge in [-0.3, -0.25) is 0 Å². The summed E-state index contributed by atoms with van der Waals surface area (Å²) in [6.07, 6.45) is 0. The number of aromatic nitrogens is 1. The molecule has 44 heavy (non-hydrogen) atoms. The Labute approximate surface area is 255 Å². The predicted molar refractivity (Wildman–Crippen MR) is 184 cm³/mol. The van der Waals surface area contributed by atoms with E-state index in [0.29, 0.717) is 0 Å². The van der Waals surface area contributed by atoms with Crippen LogP contribution in [0.1, 0.15) is 0 Å². The molecule has 0 saturated carbocycles. The predicted octanol–water partition coefficient (Wildman–Crippen LogP) is 11.7. The Morgan fingerprint density at radius 1 is 0.364 bits per heavy atom. The van der Waals surface area contributed by atoms with Crippen LogP contribution in [0.25, 0.3) is 82.8 Å². The fraction of sp³-hybridized carbons (Fsp3) is 0. The minimum atomic E-state index is 0.917. The van der Waals surface area contributed by atoms with E-state index in [4.69, 9.17) is 4.42 Å². The molecule has 0 fully saturated rings. The SMILES string of the molecule is c1ccc(-c2cc(-c3ccccc3)cc(-n3c4ccccc4c4cc(-c5cccc6c5oc5ccccc56)ccc43)c2)cc1. The molecule has 0 N–H and O–H groups in total. The Balaban J connectivity index is 1.30. The first-order valence-corrected chi connectivity index (χ1v) is 15.0.